The fraction of sp³-hybridized carbons (Fsp3) is 0.652. The third kappa shape index (κ3) is 11.5. The molecule has 1 aromatic rings. The lowest BCUT2D eigenvalue weighted by Gasteiger charge is -2.07. The summed E-state index contributed by atoms with van der Waals surface area (Å²) in [5, 5.41) is 2.89. The Labute approximate surface area is 165 Å². The molecule has 0 aliphatic rings. The summed E-state index contributed by atoms with van der Waals surface area (Å²) in [4.78, 5) is 24.0. The predicted molar refractivity (Wildman–Crippen MR) is 112 cm³/mol. The molecule has 0 spiro atoms. The van der Waals surface area contributed by atoms with Crippen molar-refractivity contribution in [3.8, 4) is 0 Å². The Morgan fingerprint density at radius 2 is 1.33 bits per heavy atom. The van der Waals surface area contributed by atoms with Crippen LogP contribution in [0.2, 0.25) is 0 Å². The number of ether oxygens (including phenoxy) is 1. The van der Waals surface area contributed by atoms with E-state index in [2.05, 4.69) is 19.2 Å². The molecule has 0 saturated carbocycles. The summed E-state index contributed by atoms with van der Waals surface area (Å²) in [6.45, 7) is 4.84. The van der Waals surface area contributed by atoms with Crippen LogP contribution in [0.1, 0.15) is 101 Å². The van der Waals surface area contributed by atoms with Gasteiger partial charge in [0, 0.05) is 12.1 Å². The van der Waals surface area contributed by atoms with Crippen molar-refractivity contribution >= 4 is 17.6 Å². The van der Waals surface area contributed by atoms with Crippen molar-refractivity contribution in [2.45, 2.75) is 90.9 Å². The summed E-state index contributed by atoms with van der Waals surface area (Å²) in [5.41, 5.74) is 1.25. The third-order valence-electron chi connectivity index (χ3n) is 4.64. The minimum atomic E-state index is -0.299. The first-order valence-corrected chi connectivity index (χ1v) is 10.7. The summed E-state index contributed by atoms with van der Waals surface area (Å²) >= 11 is 0. The maximum atomic E-state index is 12.0. The minimum absolute atomic E-state index is 0.0369. The maximum Gasteiger partial charge on any atom is 0.338 e. The molecule has 4 heteroatoms. The van der Waals surface area contributed by atoms with E-state index in [1.807, 2.05) is 0 Å². The lowest BCUT2D eigenvalue weighted by atomic mass is 10.1. The van der Waals surface area contributed by atoms with Crippen molar-refractivity contribution in [1.82, 2.24) is 0 Å². The standard InChI is InChI=1S/C23H37NO3/c1-3-5-7-9-10-11-12-14-22(25)24-21-17-15-20(16-18-21)23(26)27-19-13-8-6-4-2/h15-18H,3-14,19H2,1-2H3,(H,24,25). The molecule has 0 radical (unpaired) electrons. The summed E-state index contributed by atoms with van der Waals surface area (Å²) < 4.78 is 5.27. The van der Waals surface area contributed by atoms with E-state index in [1.54, 1.807) is 24.3 Å². The molecule has 27 heavy (non-hydrogen) atoms. The van der Waals surface area contributed by atoms with Gasteiger partial charge in [-0.2, -0.15) is 0 Å². The average Bonchev–Trinajstić information content (AvgIpc) is 2.67. The summed E-state index contributed by atoms with van der Waals surface area (Å²) in [7, 11) is 0. The Hall–Kier alpha value is -1.84. The molecule has 0 aliphatic heterocycles. The fourth-order valence-corrected chi connectivity index (χ4v) is 2.93. The molecule has 0 bridgehead atoms. The molecule has 1 N–H and O–H groups in total. The van der Waals surface area contributed by atoms with E-state index < -0.39 is 0 Å². The second kappa shape index (κ2) is 15.2. The topological polar surface area (TPSA) is 55.4 Å². The zero-order valence-electron chi connectivity index (χ0n) is 17.2. The zero-order chi connectivity index (χ0) is 19.7. The van der Waals surface area contributed by atoms with Crippen LogP contribution in [0.5, 0.6) is 0 Å². The Kier molecular flexibility index (Phi) is 13.1. The Balaban J connectivity index is 2.21. The average molecular weight is 376 g/mol. The van der Waals surface area contributed by atoms with Gasteiger partial charge in [0.1, 0.15) is 0 Å². The number of nitrogens with one attached hydrogen (secondary N) is 1. The lowest BCUT2D eigenvalue weighted by Crippen LogP contribution is -2.11. The van der Waals surface area contributed by atoms with Crippen LogP contribution in [0.25, 0.3) is 0 Å². The molecule has 0 heterocycles. The number of carbonyl (C=O) groups excluding carboxylic acids is 2. The molecule has 0 fully saturated rings. The van der Waals surface area contributed by atoms with Crippen LogP contribution in [-0.4, -0.2) is 18.5 Å². The SMILES string of the molecule is CCCCCCCCCC(=O)Nc1ccc(C(=O)OCCCCCC)cc1. The third-order valence-corrected chi connectivity index (χ3v) is 4.64. The summed E-state index contributed by atoms with van der Waals surface area (Å²) in [6.07, 6.45) is 13.3. The van der Waals surface area contributed by atoms with Crippen molar-refractivity contribution in [3.63, 3.8) is 0 Å². The molecule has 1 rings (SSSR count). The molecule has 4 nitrogen and oxygen atoms in total. The number of amides is 1. The van der Waals surface area contributed by atoms with Crippen molar-refractivity contribution in [3.05, 3.63) is 29.8 Å². The van der Waals surface area contributed by atoms with E-state index in [0.29, 0.717) is 18.6 Å². The van der Waals surface area contributed by atoms with E-state index in [9.17, 15) is 9.59 Å². The smallest absolute Gasteiger partial charge is 0.338 e. The first-order valence-electron chi connectivity index (χ1n) is 10.7. The van der Waals surface area contributed by atoms with Crippen molar-refractivity contribution in [1.29, 1.82) is 0 Å². The number of hydrogen-bond acceptors (Lipinski definition) is 3. The second-order valence-corrected chi connectivity index (χ2v) is 7.19. The lowest BCUT2D eigenvalue weighted by molar-refractivity contribution is -0.116. The van der Waals surface area contributed by atoms with E-state index in [-0.39, 0.29) is 11.9 Å². The largest absolute Gasteiger partial charge is 0.462 e. The number of esters is 1. The van der Waals surface area contributed by atoms with Crippen LogP contribution in [-0.2, 0) is 9.53 Å². The van der Waals surface area contributed by atoms with E-state index in [0.717, 1.165) is 31.4 Å². The van der Waals surface area contributed by atoms with Crippen LogP contribution < -0.4 is 5.32 Å². The van der Waals surface area contributed by atoms with Gasteiger partial charge >= 0.3 is 5.97 Å². The molecule has 0 aromatic heterocycles. The van der Waals surface area contributed by atoms with Gasteiger partial charge in [-0.3, -0.25) is 4.79 Å². The number of hydrogen-bond donors (Lipinski definition) is 1. The van der Waals surface area contributed by atoms with Gasteiger partial charge in [-0.25, -0.2) is 4.79 Å². The Morgan fingerprint density at radius 1 is 0.778 bits per heavy atom. The zero-order valence-corrected chi connectivity index (χ0v) is 17.2. The Morgan fingerprint density at radius 3 is 1.96 bits per heavy atom. The number of carbonyl (C=O) groups is 2. The van der Waals surface area contributed by atoms with Crippen LogP contribution in [0.4, 0.5) is 5.69 Å². The van der Waals surface area contributed by atoms with E-state index in [4.69, 9.17) is 4.74 Å². The van der Waals surface area contributed by atoms with Crippen LogP contribution in [0.3, 0.4) is 0 Å². The van der Waals surface area contributed by atoms with Gasteiger partial charge in [-0.05, 0) is 37.1 Å². The number of rotatable bonds is 15. The van der Waals surface area contributed by atoms with Crippen LogP contribution in [0, 0.1) is 0 Å². The quantitative estimate of drug-likeness (QED) is 0.281. The summed E-state index contributed by atoms with van der Waals surface area (Å²) in [6, 6.07) is 6.93. The monoisotopic (exact) mass is 375 g/mol. The van der Waals surface area contributed by atoms with Gasteiger partial charge in [0.15, 0.2) is 0 Å². The molecule has 0 atom stereocenters. The predicted octanol–water partition coefficient (Wildman–Crippen LogP) is 6.50. The highest BCUT2D eigenvalue weighted by Crippen LogP contribution is 2.13. The molecular weight excluding hydrogens is 338 g/mol. The van der Waals surface area contributed by atoms with Gasteiger partial charge < -0.3 is 10.1 Å². The van der Waals surface area contributed by atoms with Crippen molar-refractivity contribution in [2.24, 2.45) is 0 Å². The van der Waals surface area contributed by atoms with E-state index in [1.165, 1.54) is 44.9 Å². The van der Waals surface area contributed by atoms with Crippen molar-refractivity contribution < 1.29 is 14.3 Å². The minimum Gasteiger partial charge on any atom is -0.462 e. The van der Waals surface area contributed by atoms with Gasteiger partial charge in [-0.1, -0.05) is 71.6 Å². The molecule has 152 valence electrons. The van der Waals surface area contributed by atoms with Gasteiger partial charge in [0.2, 0.25) is 5.91 Å². The second-order valence-electron chi connectivity index (χ2n) is 7.19. The molecule has 0 unspecified atom stereocenters. The first-order chi connectivity index (χ1) is 13.2. The van der Waals surface area contributed by atoms with Crippen LogP contribution >= 0.6 is 0 Å². The van der Waals surface area contributed by atoms with Gasteiger partial charge in [0.05, 0.1) is 12.2 Å². The van der Waals surface area contributed by atoms with E-state index >= 15 is 0 Å². The molecule has 0 aliphatic carbocycles. The number of unbranched alkanes of at least 4 members (excludes halogenated alkanes) is 9. The maximum absolute atomic E-state index is 12.0. The van der Waals surface area contributed by atoms with Gasteiger partial charge in [0.25, 0.3) is 0 Å². The number of anilines is 1. The highest BCUT2D eigenvalue weighted by molar-refractivity contribution is 5.93. The fourth-order valence-electron chi connectivity index (χ4n) is 2.93. The first kappa shape index (κ1) is 23.2. The van der Waals surface area contributed by atoms with Crippen LogP contribution in [0.15, 0.2) is 24.3 Å². The normalized spacial score (nSPS) is 10.6. The highest BCUT2D eigenvalue weighted by Gasteiger charge is 2.08. The molecule has 1 amide bonds. The van der Waals surface area contributed by atoms with Crippen molar-refractivity contribution in [2.75, 3.05) is 11.9 Å². The molecule has 1 aromatic carbocycles. The number of benzene rings is 1. The van der Waals surface area contributed by atoms with Gasteiger partial charge in [-0.15, -0.1) is 0 Å². The molecule has 0 saturated heterocycles. The summed E-state index contributed by atoms with van der Waals surface area (Å²) in [5.74, 6) is -0.262. The highest BCUT2D eigenvalue weighted by atomic mass is 16.5. The Bertz CT molecular complexity index is 525. The molecular formula is C23H37NO3.